The second-order valence-electron chi connectivity index (χ2n) is 3.22. The maximum atomic E-state index is 13.6. The molecule has 0 amide bonds. The number of benzene rings is 1. The van der Waals surface area contributed by atoms with E-state index >= 15 is 0 Å². The van der Waals surface area contributed by atoms with Crippen LogP contribution in [0.3, 0.4) is 0 Å². The lowest BCUT2D eigenvalue weighted by molar-refractivity contribution is 0.0652. The molecule has 0 aliphatic carbocycles. The third-order valence-corrected chi connectivity index (χ3v) is 2.36. The van der Waals surface area contributed by atoms with E-state index in [2.05, 4.69) is 9.68 Å². The molecular weight excluding hydrogens is 275 g/mol. The summed E-state index contributed by atoms with van der Waals surface area (Å²) in [6, 6.07) is 1.23. The zero-order valence-electron chi connectivity index (χ0n) is 8.38. The van der Waals surface area contributed by atoms with Gasteiger partial charge in [0.1, 0.15) is 5.69 Å². The smallest absolute Gasteiger partial charge is 0.374 e. The summed E-state index contributed by atoms with van der Waals surface area (Å²) in [4.78, 5) is 10.5. The first-order chi connectivity index (χ1) is 8.41. The lowest BCUT2D eigenvalue weighted by Gasteiger charge is -2.03. The van der Waals surface area contributed by atoms with Gasteiger partial charge < -0.3 is 9.63 Å². The van der Waals surface area contributed by atoms with Crippen molar-refractivity contribution in [2.45, 2.75) is 0 Å². The summed E-state index contributed by atoms with van der Waals surface area (Å²) < 4.78 is 44.4. The molecule has 2 aromatic rings. The van der Waals surface area contributed by atoms with Crippen molar-refractivity contribution >= 4 is 17.6 Å². The number of hydrogen-bond donors (Lipinski definition) is 1. The predicted molar refractivity (Wildman–Crippen MR) is 53.8 cm³/mol. The van der Waals surface area contributed by atoms with E-state index in [9.17, 15) is 18.0 Å². The van der Waals surface area contributed by atoms with Crippen LogP contribution in [0.5, 0.6) is 0 Å². The van der Waals surface area contributed by atoms with Crippen molar-refractivity contribution in [1.29, 1.82) is 0 Å². The number of aromatic carboxylic acids is 1. The second-order valence-corrected chi connectivity index (χ2v) is 3.63. The molecule has 0 radical (unpaired) electrons. The van der Waals surface area contributed by atoms with E-state index in [0.717, 1.165) is 6.07 Å². The SMILES string of the molecule is O=C(O)c1cc(-c2c(F)c(F)cc(Cl)c2F)no1. The van der Waals surface area contributed by atoms with Gasteiger partial charge in [0.2, 0.25) is 5.76 Å². The Hall–Kier alpha value is -2.02. The van der Waals surface area contributed by atoms with Crippen LogP contribution in [0, 0.1) is 17.5 Å². The van der Waals surface area contributed by atoms with Gasteiger partial charge in [0.15, 0.2) is 17.5 Å². The first kappa shape index (κ1) is 12.4. The molecule has 0 aliphatic rings. The molecule has 0 fully saturated rings. The van der Waals surface area contributed by atoms with Crippen molar-refractivity contribution in [1.82, 2.24) is 5.16 Å². The number of rotatable bonds is 2. The summed E-state index contributed by atoms with van der Waals surface area (Å²) in [5, 5.41) is 11.1. The quantitative estimate of drug-likeness (QED) is 0.857. The van der Waals surface area contributed by atoms with E-state index in [1.165, 1.54) is 0 Å². The summed E-state index contributed by atoms with van der Waals surface area (Å²) in [5.41, 5.74) is -1.37. The molecule has 1 aromatic carbocycles. The van der Waals surface area contributed by atoms with Crippen molar-refractivity contribution in [3.8, 4) is 11.3 Å². The number of hydrogen-bond acceptors (Lipinski definition) is 3. The molecule has 0 saturated heterocycles. The fourth-order valence-electron chi connectivity index (χ4n) is 1.29. The van der Waals surface area contributed by atoms with Crippen LogP contribution in [0.25, 0.3) is 11.3 Å². The van der Waals surface area contributed by atoms with Gasteiger partial charge in [0.05, 0.1) is 10.6 Å². The Morgan fingerprint density at radius 2 is 1.94 bits per heavy atom. The molecule has 2 rings (SSSR count). The molecule has 8 heteroatoms. The van der Waals surface area contributed by atoms with Crippen LogP contribution < -0.4 is 0 Å². The van der Waals surface area contributed by atoms with Crippen LogP contribution in [0.15, 0.2) is 16.7 Å². The number of carboxylic acids is 1. The number of carboxylic acid groups (broad SMARTS) is 1. The van der Waals surface area contributed by atoms with E-state index in [-0.39, 0.29) is 0 Å². The molecular formula is C10H3ClF3NO3. The first-order valence-electron chi connectivity index (χ1n) is 4.45. The van der Waals surface area contributed by atoms with Crippen molar-refractivity contribution in [2.24, 2.45) is 0 Å². The van der Waals surface area contributed by atoms with Crippen molar-refractivity contribution < 1.29 is 27.6 Å². The maximum absolute atomic E-state index is 13.6. The topological polar surface area (TPSA) is 63.3 Å². The Balaban J connectivity index is 2.66. The van der Waals surface area contributed by atoms with E-state index in [0.29, 0.717) is 6.07 Å². The molecule has 4 nitrogen and oxygen atoms in total. The molecule has 0 aliphatic heterocycles. The Labute approximate surface area is 103 Å². The Morgan fingerprint density at radius 1 is 1.28 bits per heavy atom. The van der Waals surface area contributed by atoms with Gasteiger partial charge in [-0.05, 0) is 6.07 Å². The zero-order valence-corrected chi connectivity index (χ0v) is 9.13. The molecule has 0 spiro atoms. The average molecular weight is 278 g/mol. The predicted octanol–water partition coefficient (Wildman–Crippen LogP) is 3.11. The van der Waals surface area contributed by atoms with Crippen LogP contribution in [0.4, 0.5) is 13.2 Å². The van der Waals surface area contributed by atoms with Crippen LogP contribution in [0.2, 0.25) is 5.02 Å². The average Bonchev–Trinajstić information content (AvgIpc) is 2.76. The van der Waals surface area contributed by atoms with Gasteiger partial charge in [0, 0.05) is 6.07 Å². The van der Waals surface area contributed by atoms with Crippen LogP contribution in [-0.4, -0.2) is 16.2 Å². The minimum Gasteiger partial charge on any atom is -0.475 e. The lowest BCUT2D eigenvalue weighted by atomic mass is 10.1. The third-order valence-electron chi connectivity index (χ3n) is 2.09. The maximum Gasteiger partial charge on any atom is 0.374 e. The summed E-state index contributed by atoms with van der Waals surface area (Å²) in [7, 11) is 0. The van der Waals surface area contributed by atoms with Crippen LogP contribution >= 0.6 is 11.6 Å². The summed E-state index contributed by atoms with van der Waals surface area (Å²) in [6.07, 6.45) is 0. The number of carbonyl (C=O) groups is 1. The summed E-state index contributed by atoms with van der Waals surface area (Å²) in [5.74, 6) is -6.26. The molecule has 1 aromatic heterocycles. The lowest BCUT2D eigenvalue weighted by Crippen LogP contribution is -1.96. The summed E-state index contributed by atoms with van der Waals surface area (Å²) >= 11 is 5.35. The van der Waals surface area contributed by atoms with E-state index in [1.54, 1.807) is 0 Å². The highest BCUT2D eigenvalue weighted by Crippen LogP contribution is 2.31. The van der Waals surface area contributed by atoms with Crippen molar-refractivity contribution in [3.63, 3.8) is 0 Å². The monoisotopic (exact) mass is 277 g/mol. The highest BCUT2D eigenvalue weighted by atomic mass is 35.5. The fourth-order valence-corrected chi connectivity index (χ4v) is 1.48. The van der Waals surface area contributed by atoms with Gasteiger partial charge in [-0.15, -0.1) is 0 Å². The molecule has 1 N–H and O–H groups in total. The van der Waals surface area contributed by atoms with E-state index in [1.807, 2.05) is 0 Å². The van der Waals surface area contributed by atoms with Gasteiger partial charge in [-0.3, -0.25) is 0 Å². The standard InChI is InChI=1S/C10H3ClF3NO3/c11-3-1-4(12)9(14)7(8(3)13)5-2-6(10(16)17)18-15-5/h1-2H,(H,16,17). The first-order valence-corrected chi connectivity index (χ1v) is 4.83. The minimum atomic E-state index is -1.53. The zero-order chi connectivity index (χ0) is 13.4. The second kappa shape index (κ2) is 4.34. The van der Waals surface area contributed by atoms with Crippen LogP contribution in [0.1, 0.15) is 10.6 Å². The molecule has 18 heavy (non-hydrogen) atoms. The fraction of sp³-hybridized carbons (Fsp3) is 0. The van der Waals surface area contributed by atoms with Gasteiger partial charge in [0.25, 0.3) is 0 Å². The number of halogens is 4. The van der Waals surface area contributed by atoms with Crippen molar-refractivity contribution in [2.75, 3.05) is 0 Å². The largest absolute Gasteiger partial charge is 0.475 e. The Morgan fingerprint density at radius 3 is 2.50 bits per heavy atom. The van der Waals surface area contributed by atoms with Gasteiger partial charge in [-0.1, -0.05) is 16.8 Å². The molecule has 1 heterocycles. The number of aromatic nitrogens is 1. The van der Waals surface area contributed by atoms with Crippen molar-refractivity contribution in [3.05, 3.63) is 40.4 Å². The highest BCUT2D eigenvalue weighted by molar-refractivity contribution is 6.31. The third kappa shape index (κ3) is 1.92. The molecule has 0 unspecified atom stereocenters. The highest BCUT2D eigenvalue weighted by Gasteiger charge is 2.23. The van der Waals surface area contributed by atoms with Gasteiger partial charge >= 0.3 is 5.97 Å². The molecule has 0 saturated carbocycles. The van der Waals surface area contributed by atoms with E-state index in [4.69, 9.17) is 16.7 Å². The molecule has 0 atom stereocenters. The van der Waals surface area contributed by atoms with Gasteiger partial charge in [-0.25, -0.2) is 18.0 Å². The Bertz CT molecular complexity index is 615. The van der Waals surface area contributed by atoms with Crippen LogP contribution in [-0.2, 0) is 0 Å². The molecule has 0 bridgehead atoms. The normalized spacial score (nSPS) is 10.7. The Kier molecular flexibility index (Phi) is 3.00. The summed E-state index contributed by atoms with van der Waals surface area (Å²) in [6.45, 7) is 0. The van der Waals surface area contributed by atoms with E-state index < -0.39 is 45.5 Å². The molecule has 94 valence electrons. The minimum absolute atomic E-state index is 0.466. The van der Waals surface area contributed by atoms with Gasteiger partial charge in [-0.2, -0.15) is 0 Å². The number of nitrogens with zero attached hydrogens (tertiary/aromatic N) is 1.